The van der Waals surface area contributed by atoms with Crippen LogP contribution in [0.2, 0.25) is 0 Å². The van der Waals surface area contributed by atoms with Crippen LogP contribution in [0.4, 0.5) is 0 Å². The molecule has 0 amide bonds. The molecular formula is C14H25NOS. The molecule has 0 bridgehead atoms. The maximum atomic E-state index is 5.47. The molecule has 0 saturated heterocycles. The van der Waals surface area contributed by atoms with E-state index >= 15 is 0 Å². The molecule has 1 atom stereocenters. The molecule has 0 aromatic carbocycles. The lowest BCUT2D eigenvalue weighted by atomic mass is 10.0. The van der Waals surface area contributed by atoms with Crippen molar-refractivity contribution in [2.45, 2.75) is 56.7 Å². The van der Waals surface area contributed by atoms with Crippen molar-refractivity contribution in [2.24, 2.45) is 0 Å². The molecule has 0 radical (unpaired) electrons. The highest BCUT2D eigenvalue weighted by Gasteiger charge is 2.20. The molecule has 98 valence electrons. The number of nitrogens with one attached hydrogen (secondary N) is 1. The summed E-state index contributed by atoms with van der Waals surface area (Å²) in [6.07, 6.45) is 10.1. The molecule has 2 nitrogen and oxygen atoms in total. The molecule has 3 heteroatoms. The van der Waals surface area contributed by atoms with E-state index in [-0.39, 0.29) is 0 Å². The van der Waals surface area contributed by atoms with Gasteiger partial charge in [0.25, 0.3) is 0 Å². The molecule has 1 saturated carbocycles. The zero-order chi connectivity index (χ0) is 11.9. The summed E-state index contributed by atoms with van der Waals surface area (Å²) < 4.78 is 5.47. The number of thioether (sulfide) groups is 1. The monoisotopic (exact) mass is 255 g/mol. The van der Waals surface area contributed by atoms with Crippen LogP contribution in [0.5, 0.6) is 0 Å². The molecule has 1 heterocycles. The third-order valence-corrected chi connectivity index (χ3v) is 5.13. The van der Waals surface area contributed by atoms with Gasteiger partial charge in [0.15, 0.2) is 0 Å². The van der Waals surface area contributed by atoms with Crippen LogP contribution >= 0.6 is 11.8 Å². The van der Waals surface area contributed by atoms with Crippen LogP contribution in [0, 0.1) is 0 Å². The highest BCUT2D eigenvalue weighted by Crippen LogP contribution is 2.31. The summed E-state index contributed by atoms with van der Waals surface area (Å²) in [5.41, 5.74) is 1.48. The van der Waals surface area contributed by atoms with Crippen molar-refractivity contribution in [1.29, 1.82) is 0 Å². The SMILES string of the molecule is CCNC(CSC1CCCC1)C1=COCCC1. The van der Waals surface area contributed by atoms with Gasteiger partial charge in [-0.15, -0.1) is 0 Å². The molecular weight excluding hydrogens is 230 g/mol. The van der Waals surface area contributed by atoms with Crippen LogP contribution in [0.1, 0.15) is 45.4 Å². The Morgan fingerprint density at radius 2 is 2.24 bits per heavy atom. The minimum atomic E-state index is 0.533. The number of hydrogen-bond donors (Lipinski definition) is 1. The highest BCUT2D eigenvalue weighted by atomic mass is 32.2. The van der Waals surface area contributed by atoms with Crippen molar-refractivity contribution in [3.05, 3.63) is 11.8 Å². The van der Waals surface area contributed by atoms with Gasteiger partial charge in [0.05, 0.1) is 12.9 Å². The lowest BCUT2D eigenvalue weighted by molar-refractivity contribution is 0.220. The van der Waals surface area contributed by atoms with E-state index in [2.05, 4.69) is 24.0 Å². The second kappa shape index (κ2) is 7.32. The van der Waals surface area contributed by atoms with E-state index in [9.17, 15) is 0 Å². The predicted octanol–water partition coefficient (Wildman–Crippen LogP) is 3.33. The van der Waals surface area contributed by atoms with Gasteiger partial charge in [0.2, 0.25) is 0 Å². The Morgan fingerprint density at radius 1 is 1.41 bits per heavy atom. The molecule has 1 aliphatic heterocycles. The van der Waals surface area contributed by atoms with Crippen molar-refractivity contribution in [3.63, 3.8) is 0 Å². The van der Waals surface area contributed by atoms with Gasteiger partial charge in [-0.2, -0.15) is 11.8 Å². The van der Waals surface area contributed by atoms with Gasteiger partial charge in [-0.1, -0.05) is 19.8 Å². The van der Waals surface area contributed by atoms with Gasteiger partial charge in [-0.05, 0) is 37.8 Å². The third kappa shape index (κ3) is 4.22. The number of rotatable bonds is 6. The molecule has 1 N–H and O–H groups in total. The van der Waals surface area contributed by atoms with E-state index in [4.69, 9.17) is 4.74 Å². The average Bonchev–Trinajstić information content (AvgIpc) is 2.88. The van der Waals surface area contributed by atoms with E-state index in [1.165, 1.54) is 49.9 Å². The summed E-state index contributed by atoms with van der Waals surface area (Å²) in [4.78, 5) is 0. The fourth-order valence-corrected chi connectivity index (χ4v) is 4.13. The number of likely N-dealkylation sites (N-methyl/N-ethyl adjacent to an activating group) is 1. The quantitative estimate of drug-likeness (QED) is 0.786. The average molecular weight is 255 g/mol. The number of ether oxygens (including phenoxy) is 1. The summed E-state index contributed by atoms with van der Waals surface area (Å²) in [5, 5.41) is 4.52. The standard InChI is InChI=1S/C14H25NOS/c1-2-15-14(12-6-5-9-16-10-12)11-17-13-7-3-4-8-13/h10,13-15H,2-9,11H2,1H3. The first-order valence-electron chi connectivity index (χ1n) is 7.05. The number of hydrogen-bond acceptors (Lipinski definition) is 3. The second-order valence-electron chi connectivity index (χ2n) is 5.02. The molecule has 17 heavy (non-hydrogen) atoms. The van der Waals surface area contributed by atoms with Crippen molar-refractivity contribution in [3.8, 4) is 0 Å². The Balaban J connectivity index is 1.80. The van der Waals surface area contributed by atoms with Gasteiger partial charge in [-0.25, -0.2) is 0 Å². The van der Waals surface area contributed by atoms with Crippen LogP contribution in [0.15, 0.2) is 11.8 Å². The Morgan fingerprint density at radius 3 is 2.88 bits per heavy atom. The van der Waals surface area contributed by atoms with Crippen LogP contribution < -0.4 is 5.32 Å². The Bertz CT molecular complexity index is 249. The molecule has 1 aliphatic carbocycles. The lowest BCUT2D eigenvalue weighted by Gasteiger charge is -2.24. The summed E-state index contributed by atoms with van der Waals surface area (Å²) in [6.45, 7) is 4.14. The first kappa shape index (κ1) is 13.3. The van der Waals surface area contributed by atoms with Gasteiger partial charge in [0.1, 0.15) is 0 Å². The summed E-state index contributed by atoms with van der Waals surface area (Å²) in [6, 6.07) is 0.533. The Kier molecular flexibility index (Phi) is 5.72. The van der Waals surface area contributed by atoms with Crippen LogP contribution in [0.25, 0.3) is 0 Å². The molecule has 0 aromatic heterocycles. The normalized spacial score (nSPS) is 23.2. The van der Waals surface area contributed by atoms with Crippen molar-refractivity contribution < 1.29 is 4.74 Å². The minimum Gasteiger partial charge on any atom is -0.501 e. The fourth-order valence-electron chi connectivity index (χ4n) is 2.67. The van der Waals surface area contributed by atoms with E-state index < -0.39 is 0 Å². The maximum Gasteiger partial charge on any atom is 0.0876 e. The first-order chi connectivity index (χ1) is 8.40. The summed E-state index contributed by atoms with van der Waals surface area (Å²) in [7, 11) is 0. The molecule has 2 aliphatic rings. The van der Waals surface area contributed by atoms with Crippen LogP contribution in [-0.2, 0) is 4.74 Å². The molecule has 0 spiro atoms. The zero-order valence-electron chi connectivity index (χ0n) is 10.9. The van der Waals surface area contributed by atoms with Gasteiger partial charge in [0, 0.05) is 17.0 Å². The second-order valence-corrected chi connectivity index (χ2v) is 6.35. The van der Waals surface area contributed by atoms with Crippen molar-refractivity contribution in [2.75, 3.05) is 18.9 Å². The smallest absolute Gasteiger partial charge is 0.0876 e. The molecule has 0 aromatic rings. The zero-order valence-corrected chi connectivity index (χ0v) is 11.7. The predicted molar refractivity (Wildman–Crippen MR) is 75.4 cm³/mol. The van der Waals surface area contributed by atoms with Gasteiger partial charge in [-0.3, -0.25) is 0 Å². The summed E-state index contributed by atoms with van der Waals surface area (Å²) in [5.74, 6) is 1.22. The third-order valence-electron chi connectivity index (χ3n) is 3.66. The fraction of sp³-hybridized carbons (Fsp3) is 0.857. The Labute approximate surface area is 110 Å². The lowest BCUT2D eigenvalue weighted by Crippen LogP contribution is -2.34. The van der Waals surface area contributed by atoms with Crippen LogP contribution in [0.3, 0.4) is 0 Å². The van der Waals surface area contributed by atoms with Crippen LogP contribution in [-0.4, -0.2) is 30.2 Å². The van der Waals surface area contributed by atoms with E-state index in [0.717, 1.165) is 18.4 Å². The van der Waals surface area contributed by atoms with Crippen molar-refractivity contribution >= 4 is 11.8 Å². The first-order valence-corrected chi connectivity index (χ1v) is 8.10. The summed E-state index contributed by atoms with van der Waals surface area (Å²) >= 11 is 2.17. The largest absolute Gasteiger partial charge is 0.501 e. The molecule has 1 unspecified atom stereocenters. The highest BCUT2D eigenvalue weighted by molar-refractivity contribution is 7.99. The molecule has 2 rings (SSSR count). The van der Waals surface area contributed by atoms with E-state index in [1.807, 2.05) is 6.26 Å². The van der Waals surface area contributed by atoms with E-state index in [1.54, 1.807) is 0 Å². The van der Waals surface area contributed by atoms with Gasteiger partial charge < -0.3 is 10.1 Å². The van der Waals surface area contributed by atoms with E-state index in [0.29, 0.717) is 6.04 Å². The van der Waals surface area contributed by atoms with Gasteiger partial charge >= 0.3 is 0 Å². The topological polar surface area (TPSA) is 21.3 Å². The molecule has 1 fully saturated rings. The Hall–Kier alpha value is -0.150. The maximum absolute atomic E-state index is 5.47. The minimum absolute atomic E-state index is 0.533. The van der Waals surface area contributed by atoms with Crippen molar-refractivity contribution in [1.82, 2.24) is 5.32 Å².